The highest BCUT2D eigenvalue weighted by Crippen LogP contribution is 2.41. The van der Waals surface area contributed by atoms with Gasteiger partial charge in [-0.1, -0.05) is 56.5 Å². The van der Waals surface area contributed by atoms with E-state index in [0.29, 0.717) is 11.6 Å². The Morgan fingerprint density at radius 3 is 2.69 bits per heavy atom. The highest BCUT2D eigenvalue weighted by molar-refractivity contribution is 5.69. The quantitative estimate of drug-likeness (QED) is 0.696. The maximum atomic E-state index is 13.9. The van der Waals surface area contributed by atoms with Crippen molar-refractivity contribution in [1.82, 2.24) is 10.3 Å². The molecule has 2 aliphatic rings. The van der Waals surface area contributed by atoms with Crippen molar-refractivity contribution in [3.05, 3.63) is 59.7 Å². The number of halogens is 1. The highest BCUT2D eigenvalue weighted by Gasteiger charge is 2.40. The van der Waals surface area contributed by atoms with Crippen molar-refractivity contribution in [2.45, 2.75) is 57.7 Å². The van der Waals surface area contributed by atoms with E-state index in [-0.39, 0.29) is 18.6 Å². The number of aromatic nitrogens is 1. The van der Waals surface area contributed by atoms with Gasteiger partial charge < -0.3 is 15.4 Å². The number of alkyl carbamates (subject to hydrolysis) is 1. The molecule has 1 aliphatic carbocycles. The molecule has 2 aromatic rings. The van der Waals surface area contributed by atoms with Crippen LogP contribution in [0.3, 0.4) is 0 Å². The lowest BCUT2D eigenvalue weighted by Gasteiger charge is -2.43. The van der Waals surface area contributed by atoms with Crippen molar-refractivity contribution in [1.29, 1.82) is 0 Å². The minimum Gasteiger partial charge on any atom is -0.445 e. The van der Waals surface area contributed by atoms with Crippen molar-refractivity contribution in [2.75, 3.05) is 5.32 Å². The zero-order valence-corrected chi connectivity index (χ0v) is 16.7. The van der Waals surface area contributed by atoms with Gasteiger partial charge in [0.25, 0.3) is 0 Å². The highest BCUT2D eigenvalue weighted by atomic mass is 19.1. The molecule has 0 spiro atoms. The van der Waals surface area contributed by atoms with E-state index in [1.165, 1.54) is 38.2 Å². The van der Waals surface area contributed by atoms with E-state index < -0.39 is 18.1 Å². The zero-order chi connectivity index (χ0) is 20.2. The lowest BCUT2D eigenvalue weighted by molar-refractivity contribution is 0.127. The third-order valence-electron chi connectivity index (χ3n) is 6.24. The Balaban J connectivity index is 1.51. The molecule has 154 valence electrons. The van der Waals surface area contributed by atoms with Gasteiger partial charge in [-0.2, -0.15) is 4.39 Å². The molecular formula is C23H28FN3O2. The predicted octanol–water partition coefficient (Wildman–Crippen LogP) is 5.20. The molecule has 0 radical (unpaired) electrons. The summed E-state index contributed by atoms with van der Waals surface area (Å²) in [6, 6.07) is 12.5. The maximum Gasteiger partial charge on any atom is 0.408 e. The number of hydrogen-bond acceptors (Lipinski definition) is 4. The molecule has 1 fully saturated rings. The van der Waals surface area contributed by atoms with Gasteiger partial charge >= 0.3 is 6.09 Å². The van der Waals surface area contributed by atoms with Crippen molar-refractivity contribution in [3.8, 4) is 0 Å². The number of anilines is 1. The molecule has 3 atom stereocenters. The average Bonchev–Trinajstić information content (AvgIpc) is 2.75. The molecule has 1 aliphatic heterocycles. The molecule has 29 heavy (non-hydrogen) atoms. The monoisotopic (exact) mass is 397 g/mol. The molecule has 0 saturated heterocycles. The van der Waals surface area contributed by atoms with Crippen LogP contribution in [0.15, 0.2) is 42.5 Å². The number of hydrogen-bond donors (Lipinski definition) is 2. The molecule has 2 N–H and O–H groups in total. The number of benzene rings is 1. The largest absolute Gasteiger partial charge is 0.445 e. The molecule has 1 aromatic carbocycles. The molecule has 0 unspecified atom stereocenters. The second-order valence-electron chi connectivity index (χ2n) is 8.18. The Bertz CT molecular complexity index is 839. The molecule has 2 heterocycles. The first kappa shape index (κ1) is 19.7. The van der Waals surface area contributed by atoms with Crippen molar-refractivity contribution < 1.29 is 13.9 Å². The fourth-order valence-corrected chi connectivity index (χ4v) is 4.71. The average molecular weight is 397 g/mol. The van der Waals surface area contributed by atoms with Crippen LogP contribution in [-0.2, 0) is 11.3 Å². The van der Waals surface area contributed by atoms with E-state index in [9.17, 15) is 9.18 Å². The minimum absolute atomic E-state index is 0.0733. The smallest absolute Gasteiger partial charge is 0.408 e. The Morgan fingerprint density at radius 2 is 1.93 bits per heavy atom. The standard InChI is InChI=1S/C23H28FN3O2/c1-15-20(17-10-6-3-7-11-17)25-18-12-13-19(24)26-22(18)21(15)27-23(28)29-14-16-8-4-2-5-9-16/h2,4-5,8-9,12-13,15,17,20-21,25H,3,6-7,10-11,14H2,1H3,(H,27,28)/t15-,20+,21+/m0/s1. The van der Waals surface area contributed by atoms with E-state index in [4.69, 9.17) is 4.74 Å². The van der Waals surface area contributed by atoms with Gasteiger partial charge in [-0.05, 0) is 36.5 Å². The van der Waals surface area contributed by atoms with Gasteiger partial charge in [0.1, 0.15) is 6.61 Å². The molecule has 1 aromatic heterocycles. The van der Waals surface area contributed by atoms with Gasteiger partial charge in [0.2, 0.25) is 5.95 Å². The summed E-state index contributed by atoms with van der Waals surface area (Å²) in [5.74, 6) is 0.0732. The lowest BCUT2D eigenvalue weighted by atomic mass is 9.74. The normalized spacial score (nSPS) is 24.3. The SMILES string of the molecule is C[C@@H]1[C@@H](NC(=O)OCc2ccccc2)c2nc(F)ccc2N[C@H]1C1CCCCC1. The van der Waals surface area contributed by atoms with Crippen molar-refractivity contribution in [3.63, 3.8) is 0 Å². The summed E-state index contributed by atoms with van der Waals surface area (Å²) in [5, 5.41) is 6.54. The molecule has 5 nitrogen and oxygen atoms in total. The van der Waals surface area contributed by atoms with Gasteiger partial charge in [-0.3, -0.25) is 0 Å². The molecule has 1 amide bonds. The first-order valence-electron chi connectivity index (χ1n) is 10.5. The van der Waals surface area contributed by atoms with Crippen LogP contribution in [0, 0.1) is 17.8 Å². The Morgan fingerprint density at radius 1 is 1.17 bits per heavy atom. The summed E-state index contributed by atoms with van der Waals surface area (Å²) < 4.78 is 19.3. The van der Waals surface area contributed by atoms with Crippen LogP contribution in [0.4, 0.5) is 14.9 Å². The number of amides is 1. The summed E-state index contributed by atoms with van der Waals surface area (Å²) in [6.07, 6.45) is 5.61. The van der Waals surface area contributed by atoms with E-state index in [1.807, 2.05) is 30.3 Å². The predicted molar refractivity (Wildman–Crippen MR) is 110 cm³/mol. The number of carbonyl (C=O) groups excluding carboxylic acids is 1. The summed E-state index contributed by atoms with van der Waals surface area (Å²) in [6.45, 7) is 2.30. The van der Waals surface area contributed by atoms with Gasteiger partial charge in [-0.25, -0.2) is 9.78 Å². The first-order valence-corrected chi connectivity index (χ1v) is 10.5. The molecule has 1 saturated carbocycles. The van der Waals surface area contributed by atoms with E-state index in [1.54, 1.807) is 6.07 Å². The first-order chi connectivity index (χ1) is 14.1. The number of carbonyl (C=O) groups is 1. The van der Waals surface area contributed by atoms with Gasteiger partial charge in [-0.15, -0.1) is 0 Å². The number of nitrogens with zero attached hydrogens (tertiary/aromatic N) is 1. The van der Waals surface area contributed by atoms with Crippen LogP contribution in [-0.4, -0.2) is 17.1 Å². The van der Waals surface area contributed by atoms with Crippen molar-refractivity contribution >= 4 is 11.8 Å². The molecule has 6 heteroatoms. The van der Waals surface area contributed by atoms with Gasteiger partial charge in [0.15, 0.2) is 0 Å². The lowest BCUT2D eigenvalue weighted by Crippen LogP contribution is -2.48. The van der Waals surface area contributed by atoms with E-state index in [0.717, 1.165) is 11.3 Å². The van der Waals surface area contributed by atoms with Gasteiger partial charge in [0, 0.05) is 12.0 Å². The summed E-state index contributed by atoms with van der Waals surface area (Å²) in [7, 11) is 0. The van der Waals surface area contributed by atoms with Crippen LogP contribution in [0.2, 0.25) is 0 Å². The third-order valence-corrected chi connectivity index (χ3v) is 6.24. The van der Waals surface area contributed by atoms with Crippen LogP contribution >= 0.6 is 0 Å². The fourth-order valence-electron chi connectivity index (χ4n) is 4.71. The second-order valence-corrected chi connectivity index (χ2v) is 8.18. The number of fused-ring (bicyclic) bond motifs is 1. The second kappa shape index (κ2) is 8.80. The Hall–Kier alpha value is -2.63. The third kappa shape index (κ3) is 4.52. The number of nitrogens with one attached hydrogen (secondary N) is 2. The van der Waals surface area contributed by atoms with Crippen LogP contribution in [0.5, 0.6) is 0 Å². The fraction of sp³-hybridized carbons (Fsp3) is 0.478. The summed E-state index contributed by atoms with van der Waals surface area (Å²) in [5.41, 5.74) is 2.26. The Labute approximate surface area is 171 Å². The number of rotatable bonds is 4. The van der Waals surface area contributed by atoms with Crippen LogP contribution in [0.1, 0.15) is 56.3 Å². The van der Waals surface area contributed by atoms with Gasteiger partial charge in [0.05, 0.1) is 17.4 Å². The summed E-state index contributed by atoms with van der Waals surface area (Å²) >= 11 is 0. The molecule has 4 rings (SSSR count). The van der Waals surface area contributed by atoms with Crippen LogP contribution in [0.25, 0.3) is 0 Å². The minimum atomic E-state index is -0.543. The van der Waals surface area contributed by atoms with Crippen molar-refractivity contribution in [2.24, 2.45) is 11.8 Å². The Kier molecular flexibility index (Phi) is 5.97. The molecular weight excluding hydrogens is 369 g/mol. The van der Waals surface area contributed by atoms with E-state index in [2.05, 4.69) is 22.5 Å². The van der Waals surface area contributed by atoms with Crippen LogP contribution < -0.4 is 10.6 Å². The number of ether oxygens (including phenoxy) is 1. The maximum absolute atomic E-state index is 13.9. The topological polar surface area (TPSA) is 63.2 Å². The van der Waals surface area contributed by atoms with E-state index >= 15 is 0 Å². The summed E-state index contributed by atoms with van der Waals surface area (Å²) in [4.78, 5) is 16.6. The molecule has 0 bridgehead atoms. The number of pyridine rings is 1. The zero-order valence-electron chi connectivity index (χ0n) is 16.7.